The summed E-state index contributed by atoms with van der Waals surface area (Å²) in [5.41, 5.74) is 1.72. The molecule has 1 rings (SSSR count). The molecule has 0 aliphatic heterocycles. The number of hydrogen-bond donors (Lipinski definition) is 2. The number of nitrogens with one attached hydrogen (secondary N) is 1. The molecule has 16 heavy (non-hydrogen) atoms. The van der Waals surface area contributed by atoms with Crippen molar-refractivity contribution in [1.82, 2.24) is 9.88 Å². The van der Waals surface area contributed by atoms with Crippen LogP contribution in [-0.2, 0) is 13.6 Å². The molecular weight excluding hydrogens is 202 g/mol. The van der Waals surface area contributed by atoms with Crippen LogP contribution in [0.4, 0.5) is 0 Å². The third-order valence-electron chi connectivity index (χ3n) is 2.63. The molecule has 1 heterocycles. The van der Waals surface area contributed by atoms with E-state index in [4.69, 9.17) is 5.26 Å². The molecule has 0 amide bonds. The molecule has 2 N–H and O–H groups in total. The Balaban J connectivity index is 2.41. The number of nitriles is 1. The average Bonchev–Trinajstić information content (AvgIpc) is 2.58. The van der Waals surface area contributed by atoms with Gasteiger partial charge in [-0.15, -0.1) is 0 Å². The van der Waals surface area contributed by atoms with Crippen LogP contribution in [0.25, 0.3) is 0 Å². The van der Waals surface area contributed by atoms with Crippen LogP contribution >= 0.6 is 0 Å². The third-order valence-corrected chi connectivity index (χ3v) is 2.63. The van der Waals surface area contributed by atoms with Gasteiger partial charge in [0.05, 0.1) is 6.10 Å². The van der Waals surface area contributed by atoms with Gasteiger partial charge in [-0.1, -0.05) is 13.8 Å². The second kappa shape index (κ2) is 5.69. The quantitative estimate of drug-likeness (QED) is 0.780. The van der Waals surface area contributed by atoms with Crippen LogP contribution in [0.2, 0.25) is 0 Å². The highest BCUT2D eigenvalue weighted by molar-refractivity contribution is 5.28. The SMILES string of the molecule is CC(C)C(O)CNCc1cc(C#N)n(C)c1. The van der Waals surface area contributed by atoms with E-state index in [2.05, 4.69) is 11.4 Å². The van der Waals surface area contributed by atoms with Crippen molar-refractivity contribution >= 4 is 0 Å². The third kappa shape index (κ3) is 3.37. The Morgan fingerprint density at radius 2 is 2.25 bits per heavy atom. The summed E-state index contributed by atoms with van der Waals surface area (Å²) in [6.45, 7) is 5.24. The van der Waals surface area contributed by atoms with Crippen LogP contribution in [0, 0.1) is 17.2 Å². The van der Waals surface area contributed by atoms with E-state index in [9.17, 15) is 5.11 Å². The summed E-state index contributed by atoms with van der Waals surface area (Å²) >= 11 is 0. The van der Waals surface area contributed by atoms with E-state index in [1.165, 1.54) is 0 Å². The molecule has 1 aromatic rings. The van der Waals surface area contributed by atoms with Crippen LogP contribution < -0.4 is 5.32 Å². The predicted molar refractivity (Wildman–Crippen MR) is 62.7 cm³/mol. The summed E-state index contributed by atoms with van der Waals surface area (Å²) in [6.07, 6.45) is 1.60. The molecular formula is C12H19N3O. The average molecular weight is 221 g/mol. The highest BCUT2D eigenvalue weighted by Gasteiger charge is 2.08. The largest absolute Gasteiger partial charge is 0.392 e. The van der Waals surface area contributed by atoms with Crippen LogP contribution in [0.5, 0.6) is 0 Å². The predicted octanol–water partition coefficient (Wildman–Crippen LogP) is 1.00. The molecule has 0 spiro atoms. The summed E-state index contributed by atoms with van der Waals surface area (Å²) in [5.74, 6) is 0.262. The lowest BCUT2D eigenvalue weighted by Gasteiger charge is -2.14. The maximum atomic E-state index is 9.59. The zero-order valence-electron chi connectivity index (χ0n) is 10.1. The normalized spacial score (nSPS) is 12.8. The van der Waals surface area contributed by atoms with Crippen LogP contribution in [0.1, 0.15) is 25.1 Å². The van der Waals surface area contributed by atoms with E-state index in [0.29, 0.717) is 18.8 Å². The molecule has 4 heteroatoms. The number of rotatable bonds is 5. The van der Waals surface area contributed by atoms with Crippen molar-refractivity contribution < 1.29 is 5.11 Å². The number of aliphatic hydroxyl groups excluding tert-OH is 1. The molecule has 0 aromatic carbocycles. The monoisotopic (exact) mass is 221 g/mol. The van der Waals surface area contributed by atoms with E-state index in [1.54, 1.807) is 4.57 Å². The first kappa shape index (κ1) is 12.8. The smallest absolute Gasteiger partial charge is 0.120 e. The molecule has 0 fully saturated rings. The maximum absolute atomic E-state index is 9.59. The van der Waals surface area contributed by atoms with Crippen LogP contribution in [0.15, 0.2) is 12.3 Å². The second-order valence-corrected chi connectivity index (χ2v) is 4.40. The van der Waals surface area contributed by atoms with Gasteiger partial charge in [0.2, 0.25) is 0 Å². The summed E-state index contributed by atoms with van der Waals surface area (Å²) in [7, 11) is 1.85. The zero-order chi connectivity index (χ0) is 12.1. The lowest BCUT2D eigenvalue weighted by atomic mass is 10.1. The zero-order valence-corrected chi connectivity index (χ0v) is 10.1. The van der Waals surface area contributed by atoms with E-state index >= 15 is 0 Å². The van der Waals surface area contributed by atoms with Gasteiger partial charge < -0.3 is 15.0 Å². The topological polar surface area (TPSA) is 61.0 Å². The van der Waals surface area contributed by atoms with Gasteiger partial charge in [0.1, 0.15) is 11.8 Å². The summed E-state index contributed by atoms with van der Waals surface area (Å²) in [5, 5.41) is 21.6. The fraction of sp³-hybridized carbons (Fsp3) is 0.583. The lowest BCUT2D eigenvalue weighted by Crippen LogP contribution is -2.30. The van der Waals surface area contributed by atoms with Gasteiger partial charge in [0, 0.05) is 26.3 Å². The Labute approximate surface area is 96.5 Å². The van der Waals surface area contributed by atoms with Gasteiger partial charge >= 0.3 is 0 Å². The number of aryl methyl sites for hydroxylation is 1. The van der Waals surface area contributed by atoms with E-state index in [0.717, 1.165) is 5.56 Å². The van der Waals surface area contributed by atoms with E-state index < -0.39 is 0 Å². The first-order valence-corrected chi connectivity index (χ1v) is 5.48. The minimum atomic E-state index is -0.320. The van der Waals surface area contributed by atoms with Crippen molar-refractivity contribution in [2.24, 2.45) is 13.0 Å². The molecule has 4 nitrogen and oxygen atoms in total. The molecule has 1 unspecified atom stereocenters. The molecule has 0 saturated carbocycles. The standard InChI is InChI=1S/C12H19N3O/c1-9(2)12(16)7-14-6-10-4-11(5-13)15(3)8-10/h4,8-9,12,14,16H,6-7H2,1-3H3. The van der Waals surface area contributed by atoms with Gasteiger partial charge in [-0.25, -0.2) is 0 Å². The summed E-state index contributed by atoms with van der Waals surface area (Å²) in [4.78, 5) is 0. The Hall–Kier alpha value is -1.31. The summed E-state index contributed by atoms with van der Waals surface area (Å²) < 4.78 is 1.80. The van der Waals surface area contributed by atoms with Crippen molar-refractivity contribution in [2.75, 3.05) is 6.54 Å². The molecule has 0 saturated heterocycles. The first-order valence-electron chi connectivity index (χ1n) is 5.48. The van der Waals surface area contributed by atoms with Gasteiger partial charge in [0.25, 0.3) is 0 Å². The fourth-order valence-corrected chi connectivity index (χ4v) is 1.44. The molecule has 0 radical (unpaired) electrons. The Bertz CT molecular complexity index is 376. The van der Waals surface area contributed by atoms with Crippen LogP contribution in [-0.4, -0.2) is 22.3 Å². The van der Waals surface area contributed by atoms with Crippen molar-refractivity contribution in [3.8, 4) is 6.07 Å². The minimum Gasteiger partial charge on any atom is -0.392 e. The highest BCUT2D eigenvalue weighted by atomic mass is 16.3. The maximum Gasteiger partial charge on any atom is 0.120 e. The van der Waals surface area contributed by atoms with Crippen molar-refractivity contribution in [1.29, 1.82) is 5.26 Å². The number of hydrogen-bond acceptors (Lipinski definition) is 3. The van der Waals surface area contributed by atoms with Crippen molar-refractivity contribution in [3.05, 3.63) is 23.5 Å². The highest BCUT2D eigenvalue weighted by Crippen LogP contribution is 2.06. The molecule has 1 aromatic heterocycles. The second-order valence-electron chi connectivity index (χ2n) is 4.40. The first-order chi connectivity index (χ1) is 7.54. The Morgan fingerprint density at radius 3 is 2.75 bits per heavy atom. The van der Waals surface area contributed by atoms with Crippen molar-refractivity contribution in [3.63, 3.8) is 0 Å². The molecule has 0 bridgehead atoms. The molecule has 1 atom stereocenters. The van der Waals surface area contributed by atoms with E-state index in [1.807, 2.05) is 33.2 Å². The number of aromatic nitrogens is 1. The summed E-state index contributed by atoms with van der Waals surface area (Å²) in [6, 6.07) is 3.97. The van der Waals surface area contributed by atoms with Gasteiger partial charge in [-0.2, -0.15) is 5.26 Å². The fourth-order valence-electron chi connectivity index (χ4n) is 1.44. The Kier molecular flexibility index (Phi) is 4.53. The Morgan fingerprint density at radius 1 is 1.56 bits per heavy atom. The lowest BCUT2D eigenvalue weighted by molar-refractivity contribution is 0.123. The molecule has 88 valence electrons. The van der Waals surface area contributed by atoms with E-state index in [-0.39, 0.29) is 12.0 Å². The van der Waals surface area contributed by atoms with Crippen molar-refractivity contribution in [2.45, 2.75) is 26.5 Å². The minimum absolute atomic E-state index is 0.262. The molecule has 0 aliphatic rings. The number of aliphatic hydroxyl groups is 1. The number of nitrogens with zero attached hydrogens (tertiary/aromatic N) is 2. The van der Waals surface area contributed by atoms with Gasteiger partial charge in [0.15, 0.2) is 0 Å². The van der Waals surface area contributed by atoms with Crippen LogP contribution in [0.3, 0.4) is 0 Å². The van der Waals surface area contributed by atoms with Gasteiger partial charge in [-0.05, 0) is 17.5 Å². The van der Waals surface area contributed by atoms with Gasteiger partial charge in [-0.3, -0.25) is 0 Å². The molecule has 0 aliphatic carbocycles.